The number of rotatable bonds is 6. The number of β-amino-alcohol motifs (C(OH)–C–C–N with tert-alkyl or cyclic N) is 1. The second-order valence-corrected chi connectivity index (χ2v) is 7.21. The Labute approximate surface area is 174 Å². The minimum Gasteiger partial charge on any atom is -0.475 e. The Balaban J connectivity index is 1.70. The fourth-order valence-electron chi connectivity index (χ4n) is 2.87. The van der Waals surface area contributed by atoms with Crippen molar-refractivity contribution < 1.29 is 42.6 Å². The van der Waals surface area contributed by atoms with Gasteiger partial charge in [-0.3, -0.25) is 5.21 Å². The number of benzene rings is 1. The molecule has 1 saturated heterocycles. The smallest absolute Gasteiger partial charge is 0.430 e. The van der Waals surface area contributed by atoms with Crippen LogP contribution in [0.25, 0.3) is 6.08 Å². The molecule has 0 aliphatic carbocycles. The molecule has 13 heteroatoms. The molecule has 0 amide bonds. The van der Waals surface area contributed by atoms with Gasteiger partial charge in [0.2, 0.25) is 12.4 Å². The Morgan fingerprint density at radius 3 is 2.70 bits per heavy atom. The highest BCUT2D eigenvalue weighted by Gasteiger charge is 2.49. The van der Waals surface area contributed by atoms with Gasteiger partial charge in [-0.2, -0.15) is 18.2 Å². The first-order valence-electron chi connectivity index (χ1n) is 8.75. The molecule has 2 aliphatic heterocycles. The van der Waals surface area contributed by atoms with Crippen LogP contribution in [0, 0.1) is 6.92 Å². The van der Waals surface area contributed by atoms with E-state index < -0.39 is 36.2 Å². The maximum atomic E-state index is 13.5. The number of fused-ring (bicyclic) bond motifs is 1. The van der Waals surface area contributed by atoms with Crippen molar-refractivity contribution >= 4 is 23.6 Å². The van der Waals surface area contributed by atoms with Gasteiger partial charge in [0, 0.05) is 23.7 Å². The van der Waals surface area contributed by atoms with Crippen LogP contribution in [0.3, 0.4) is 0 Å². The molecule has 9 nitrogen and oxygen atoms in total. The van der Waals surface area contributed by atoms with Gasteiger partial charge in [-0.25, -0.2) is 9.63 Å². The SMILES string of the molecule is Cc1cc(Cl)cc2c1O[C@H](C(F)(F)F)C(C(=O)OC(C)ONN(O)N1CC(O)C1)=C2. The second-order valence-electron chi connectivity index (χ2n) is 6.78. The molecule has 2 atom stereocenters. The number of hydrazine groups is 2. The molecule has 0 radical (unpaired) electrons. The molecule has 1 aromatic carbocycles. The monoisotopic (exact) mass is 453 g/mol. The molecule has 0 aromatic heterocycles. The van der Waals surface area contributed by atoms with Gasteiger partial charge >= 0.3 is 12.1 Å². The van der Waals surface area contributed by atoms with Crippen molar-refractivity contribution in [2.75, 3.05) is 13.1 Å². The van der Waals surface area contributed by atoms with Crippen molar-refractivity contribution in [1.82, 2.24) is 15.9 Å². The lowest BCUT2D eigenvalue weighted by atomic mass is 9.99. The minimum absolute atomic E-state index is 0.0306. The zero-order chi connectivity index (χ0) is 22.2. The van der Waals surface area contributed by atoms with E-state index in [0.717, 1.165) is 6.08 Å². The summed E-state index contributed by atoms with van der Waals surface area (Å²) in [7, 11) is 0. The van der Waals surface area contributed by atoms with E-state index >= 15 is 0 Å². The standard InChI is InChI=1S/C17H19ClF3N3O6/c1-8-3-11(18)4-10-5-13(15(17(19,20)21)29-14(8)10)16(26)28-9(2)30-22-24(27)23-6-12(25)7-23/h3-5,9,12,15,22,25,27H,6-7H2,1-2H3/t9?,15-/m0/s1. The molecule has 1 unspecified atom stereocenters. The number of ether oxygens (including phenoxy) is 2. The highest BCUT2D eigenvalue weighted by molar-refractivity contribution is 6.30. The van der Waals surface area contributed by atoms with Crippen LogP contribution in [0.4, 0.5) is 13.2 Å². The zero-order valence-electron chi connectivity index (χ0n) is 15.8. The number of nitrogens with zero attached hydrogens (tertiary/aromatic N) is 2. The van der Waals surface area contributed by atoms with E-state index in [-0.39, 0.29) is 29.4 Å². The fourth-order valence-corrected chi connectivity index (χ4v) is 3.15. The third kappa shape index (κ3) is 5.03. The molecule has 3 N–H and O–H groups in total. The fraction of sp³-hybridized carbons (Fsp3) is 0.471. The minimum atomic E-state index is -4.88. The lowest BCUT2D eigenvalue weighted by Gasteiger charge is -2.39. The Morgan fingerprint density at radius 2 is 2.10 bits per heavy atom. The first-order valence-corrected chi connectivity index (χ1v) is 9.13. The summed E-state index contributed by atoms with van der Waals surface area (Å²) in [6.45, 7) is 3.04. The summed E-state index contributed by atoms with van der Waals surface area (Å²) in [5.74, 6) is -1.35. The summed E-state index contributed by atoms with van der Waals surface area (Å²) in [6, 6.07) is 2.82. The van der Waals surface area contributed by atoms with E-state index in [4.69, 9.17) is 31.0 Å². The summed E-state index contributed by atoms with van der Waals surface area (Å²) in [5, 5.41) is 20.7. The van der Waals surface area contributed by atoms with Gasteiger partial charge in [-0.15, -0.1) is 0 Å². The van der Waals surface area contributed by atoms with Crippen LogP contribution in [0.2, 0.25) is 5.02 Å². The van der Waals surface area contributed by atoms with Crippen LogP contribution in [0.5, 0.6) is 5.75 Å². The third-order valence-corrected chi connectivity index (χ3v) is 4.53. The number of aliphatic hydroxyl groups excluding tert-OH is 1. The van der Waals surface area contributed by atoms with Crippen LogP contribution in [-0.2, 0) is 14.4 Å². The topological polar surface area (TPSA) is 104 Å². The van der Waals surface area contributed by atoms with E-state index in [0.29, 0.717) is 10.8 Å². The first kappa shape index (κ1) is 22.7. The van der Waals surface area contributed by atoms with Gasteiger partial charge < -0.3 is 14.6 Å². The maximum Gasteiger partial charge on any atom is 0.430 e. The molecule has 2 heterocycles. The number of alkyl halides is 3. The molecule has 3 rings (SSSR count). The van der Waals surface area contributed by atoms with Gasteiger partial charge in [-0.05, 0) is 42.9 Å². The maximum absolute atomic E-state index is 13.5. The van der Waals surface area contributed by atoms with Crippen molar-refractivity contribution in [2.45, 2.75) is 38.5 Å². The average Bonchev–Trinajstić information content (AvgIpc) is 2.61. The van der Waals surface area contributed by atoms with Gasteiger partial charge in [0.05, 0.1) is 11.7 Å². The highest BCUT2D eigenvalue weighted by Crippen LogP contribution is 2.40. The first-order chi connectivity index (χ1) is 14.0. The van der Waals surface area contributed by atoms with Crippen LogP contribution in [-0.4, -0.2) is 64.3 Å². The van der Waals surface area contributed by atoms with Crippen molar-refractivity contribution in [3.05, 3.63) is 33.9 Å². The molecule has 1 fully saturated rings. The molecule has 166 valence electrons. The highest BCUT2D eigenvalue weighted by atomic mass is 35.5. The number of aryl methyl sites for hydroxylation is 1. The van der Waals surface area contributed by atoms with Crippen molar-refractivity contribution in [1.29, 1.82) is 0 Å². The Morgan fingerprint density at radius 1 is 1.43 bits per heavy atom. The molecule has 0 spiro atoms. The van der Waals surface area contributed by atoms with E-state index in [1.165, 1.54) is 31.0 Å². The predicted molar refractivity (Wildman–Crippen MR) is 95.6 cm³/mol. The lowest BCUT2D eigenvalue weighted by molar-refractivity contribution is -0.387. The summed E-state index contributed by atoms with van der Waals surface area (Å²) in [5.41, 5.74) is 1.83. The predicted octanol–water partition coefficient (Wildman–Crippen LogP) is 1.96. The number of carbonyl (C=O) groups excluding carboxylic acids is 1. The number of esters is 1. The van der Waals surface area contributed by atoms with E-state index in [1.807, 2.05) is 5.59 Å². The van der Waals surface area contributed by atoms with Crippen LogP contribution >= 0.6 is 11.6 Å². The number of carbonyl (C=O) groups is 1. The molecule has 0 bridgehead atoms. The Kier molecular flexibility index (Phi) is 6.57. The van der Waals surface area contributed by atoms with Gasteiger partial charge in [0.1, 0.15) is 5.75 Å². The van der Waals surface area contributed by atoms with Crippen LogP contribution < -0.4 is 10.3 Å². The number of halogens is 4. The summed E-state index contributed by atoms with van der Waals surface area (Å²) in [4.78, 5) is 17.3. The van der Waals surface area contributed by atoms with E-state index in [2.05, 4.69) is 0 Å². The molecule has 1 aromatic rings. The lowest BCUT2D eigenvalue weighted by Crippen LogP contribution is -2.62. The third-order valence-electron chi connectivity index (χ3n) is 4.31. The molecular formula is C17H19ClF3N3O6. The largest absolute Gasteiger partial charge is 0.475 e. The normalized spacial score (nSPS) is 20.8. The number of aliphatic hydroxyl groups is 1. The zero-order valence-corrected chi connectivity index (χ0v) is 16.6. The van der Waals surface area contributed by atoms with E-state index in [9.17, 15) is 23.2 Å². The van der Waals surface area contributed by atoms with E-state index in [1.54, 1.807) is 0 Å². The molecule has 30 heavy (non-hydrogen) atoms. The van der Waals surface area contributed by atoms with Crippen molar-refractivity contribution in [3.63, 3.8) is 0 Å². The summed E-state index contributed by atoms with van der Waals surface area (Å²) in [6.07, 6.45) is -8.38. The van der Waals surface area contributed by atoms with Gasteiger partial charge in [-0.1, -0.05) is 17.2 Å². The number of hydrogen-bond acceptors (Lipinski definition) is 9. The second kappa shape index (κ2) is 8.67. The van der Waals surface area contributed by atoms with Crippen molar-refractivity contribution in [2.24, 2.45) is 0 Å². The molecule has 0 saturated carbocycles. The van der Waals surface area contributed by atoms with Gasteiger partial charge in [0.15, 0.2) is 0 Å². The average molecular weight is 454 g/mol. The molecule has 2 aliphatic rings. The van der Waals surface area contributed by atoms with Crippen LogP contribution in [0.15, 0.2) is 17.7 Å². The Hall–Kier alpha value is -1.93. The quantitative estimate of drug-likeness (QED) is 0.339. The van der Waals surface area contributed by atoms with Crippen molar-refractivity contribution in [3.8, 4) is 5.75 Å². The number of hydrogen-bond donors (Lipinski definition) is 3. The van der Waals surface area contributed by atoms with Gasteiger partial charge in [0.25, 0.3) is 0 Å². The summed E-state index contributed by atoms with van der Waals surface area (Å²) < 4.78 is 50.5. The van der Waals surface area contributed by atoms with Crippen LogP contribution in [0.1, 0.15) is 18.1 Å². The summed E-state index contributed by atoms with van der Waals surface area (Å²) >= 11 is 5.94. The Bertz CT molecular complexity index is 847. The molecular weight excluding hydrogens is 435 g/mol. The number of nitrogens with one attached hydrogen (secondary N) is 1.